The van der Waals surface area contributed by atoms with Crippen LogP contribution in [0.5, 0.6) is 5.88 Å². The number of hydrogen-bond acceptors (Lipinski definition) is 4. The van der Waals surface area contributed by atoms with Crippen LogP contribution in [0.4, 0.5) is 0 Å². The van der Waals surface area contributed by atoms with E-state index in [4.69, 9.17) is 4.74 Å². The van der Waals surface area contributed by atoms with Crippen molar-refractivity contribution >= 4 is 15.9 Å². The third kappa shape index (κ3) is 3.14. The quantitative estimate of drug-likeness (QED) is 0.908. The molecule has 1 aromatic heterocycles. The molecule has 0 amide bonds. The molecule has 1 unspecified atom stereocenters. The van der Waals surface area contributed by atoms with Gasteiger partial charge in [-0.05, 0) is 35.3 Å². The summed E-state index contributed by atoms with van der Waals surface area (Å²) in [4.78, 5) is 7.95. The number of rotatable bonds is 3. The molecule has 82 valence electrons. The average Bonchev–Trinajstić information content (AvgIpc) is 2.29. The van der Waals surface area contributed by atoms with Crippen LogP contribution in [0.15, 0.2) is 17.0 Å². The second-order valence-corrected chi connectivity index (χ2v) is 4.55. The smallest absolute Gasteiger partial charge is 0.231 e. The van der Waals surface area contributed by atoms with Gasteiger partial charge in [0.15, 0.2) is 0 Å². The van der Waals surface area contributed by atoms with Crippen LogP contribution < -0.4 is 10.1 Å². The molecular formula is C10H14BrN3O. The first kappa shape index (κ1) is 10.8. The van der Waals surface area contributed by atoms with E-state index in [0.717, 1.165) is 24.2 Å². The average molecular weight is 272 g/mol. The molecule has 2 rings (SSSR count). The molecule has 1 aromatic rings. The van der Waals surface area contributed by atoms with E-state index < -0.39 is 0 Å². The van der Waals surface area contributed by atoms with Crippen molar-refractivity contribution in [3.63, 3.8) is 0 Å². The molecule has 1 atom stereocenters. The van der Waals surface area contributed by atoms with Crippen LogP contribution in [-0.2, 0) is 0 Å². The van der Waals surface area contributed by atoms with Gasteiger partial charge in [-0.3, -0.25) is 0 Å². The molecule has 0 radical (unpaired) electrons. The maximum atomic E-state index is 5.64. The topological polar surface area (TPSA) is 47.0 Å². The molecule has 1 saturated heterocycles. The molecule has 1 aliphatic heterocycles. The van der Waals surface area contributed by atoms with Gasteiger partial charge in [-0.2, -0.15) is 0 Å². The molecule has 0 bridgehead atoms. The SMILES string of the molecule is Brc1cncnc1OCC1CCCNC1. The van der Waals surface area contributed by atoms with Crippen molar-refractivity contribution < 1.29 is 4.74 Å². The predicted molar refractivity (Wildman–Crippen MR) is 60.8 cm³/mol. The van der Waals surface area contributed by atoms with Crippen LogP contribution >= 0.6 is 15.9 Å². The summed E-state index contributed by atoms with van der Waals surface area (Å²) >= 11 is 3.36. The minimum Gasteiger partial charge on any atom is -0.476 e. The number of halogens is 1. The van der Waals surface area contributed by atoms with Crippen molar-refractivity contribution in [3.05, 3.63) is 17.0 Å². The summed E-state index contributed by atoms with van der Waals surface area (Å²) in [7, 11) is 0. The largest absolute Gasteiger partial charge is 0.476 e. The second-order valence-electron chi connectivity index (χ2n) is 3.70. The molecule has 4 nitrogen and oxygen atoms in total. The highest BCUT2D eigenvalue weighted by Gasteiger charge is 2.14. The van der Waals surface area contributed by atoms with Crippen LogP contribution in [-0.4, -0.2) is 29.7 Å². The van der Waals surface area contributed by atoms with Gasteiger partial charge in [-0.25, -0.2) is 9.97 Å². The van der Waals surface area contributed by atoms with Crippen LogP contribution in [0, 0.1) is 5.92 Å². The zero-order valence-electron chi connectivity index (χ0n) is 8.45. The Balaban J connectivity index is 1.84. The van der Waals surface area contributed by atoms with Crippen molar-refractivity contribution in [1.82, 2.24) is 15.3 Å². The molecule has 1 N–H and O–H groups in total. The Morgan fingerprint density at radius 3 is 3.27 bits per heavy atom. The second kappa shape index (κ2) is 5.42. The lowest BCUT2D eigenvalue weighted by atomic mass is 10.0. The van der Waals surface area contributed by atoms with E-state index in [1.807, 2.05) is 0 Å². The monoisotopic (exact) mass is 271 g/mol. The highest BCUT2D eigenvalue weighted by molar-refractivity contribution is 9.10. The Morgan fingerprint density at radius 1 is 1.60 bits per heavy atom. The number of hydrogen-bond donors (Lipinski definition) is 1. The zero-order valence-corrected chi connectivity index (χ0v) is 10.0. The lowest BCUT2D eigenvalue weighted by molar-refractivity contribution is 0.210. The molecule has 0 saturated carbocycles. The van der Waals surface area contributed by atoms with E-state index in [1.54, 1.807) is 6.20 Å². The first-order chi connectivity index (χ1) is 7.36. The maximum absolute atomic E-state index is 5.64. The van der Waals surface area contributed by atoms with Crippen LogP contribution in [0.3, 0.4) is 0 Å². The van der Waals surface area contributed by atoms with Crippen LogP contribution in [0.2, 0.25) is 0 Å². The molecule has 1 fully saturated rings. The summed E-state index contributed by atoms with van der Waals surface area (Å²) in [6, 6.07) is 0. The minimum atomic E-state index is 0.598. The summed E-state index contributed by atoms with van der Waals surface area (Å²) in [6.45, 7) is 2.90. The van der Waals surface area contributed by atoms with Gasteiger partial charge in [0.25, 0.3) is 0 Å². The van der Waals surface area contributed by atoms with Gasteiger partial charge >= 0.3 is 0 Å². The molecule has 2 heterocycles. The standard InChI is InChI=1S/C10H14BrN3O/c11-9-5-13-7-14-10(9)15-6-8-2-1-3-12-4-8/h5,7-8,12H,1-4,6H2. The Morgan fingerprint density at radius 2 is 2.53 bits per heavy atom. The van der Waals surface area contributed by atoms with E-state index in [0.29, 0.717) is 11.8 Å². The van der Waals surface area contributed by atoms with Crippen molar-refractivity contribution in [3.8, 4) is 5.88 Å². The Hall–Kier alpha value is -0.680. The fourth-order valence-corrected chi connectivity index (χ4v) is 2.01. The van der Waals surface area contributed by atoms with E-state index >= 15 is 0 Å². The van der Waals surface area contributed by atoms with Gasteiger partial charge in [0.1, 0.15) is 6.33 Å². The van der Waals surface area contributed by atoms with Gasteiger partial charge in [0.05, 0.1) is 11.1 Å². The van der Waals surface area contributed by atoms with E-state index in [1.165, 1.54) is 19.2 Å². The summed E-state index contributed by atoms with van der Waals surface area (Å²) in [5.41, 5.74) is 0. The van der Waals surface area contributed by atoms with Crippen molar-refractivity contribution in [1.29, 1.82) is 0 Å². The highest BCUT2D eigenvalue weighted by Crippen LogP contribution is 2.21. The summed E-state index contributed by atoms with van der Waals surface area (Å²) in [6.07, 6.45) is 5.66. The maximum Gasteiger partial charge on any atom is 0.231 e. The highest BCUT2D eigenvalue weighted by atomic mass is 79.9. The van der Waals surface area contributed by atoms with Gasteiger partial charge in [0.2, 0.25) is 5.88 Å². The van der Waals surface area contributed by atoms with Crippen molar-refractivity contribution in [2.75, 3.05) is 19.7 Å². The molecule has 15 heavy (non-hydrogen) atoms. The van der Waals surface area contributed by atoms with Crippen molar-refractivity contribution in [2.24, 2.45) is 5.92 Å². The fraction of sp³-hybridized carbons (Fsp3) is 0.600. The molecular weight excluding hydrogens is 258 g/mol. The fourth-order valence-electron chi connectivity index (χ4n) is 1.67. The lowest BCUT2D eigenvalue weighted by Crippen LogP contribution is -2.33. The number of nitrogens with zero attached hydrogens (tertiary/aromatic N) is 2. The Labute approximate surface area is 97.6 Å². The van der Waals surface area contributed by atoms with E-state index in [-0.39, 0.29) is 0 Å². The predicted octanol–water partition coefficient (Wildman–Crippen LogP) is 1.62. The zero-order chi connectivity index (χ0) is 10.5. The van der Waals surface area contributed by atoms with Crippen LogP contribution in [0.25, 0.3) is 0 Å². The van der Waals surface area contributed by atoms with Gasteiger partial charge in [0, 0.05) is 18.7 Å². The Bertz CT molecular complexity index is 315. The van der Waals surface area contributed by atoms with Gasteiger partial charge < -0.3 is 10.1 Å². The summed E-state index contributed by atoms with van der Waals surface area (Å²) in [5.74, 6) is 1.23. The van der Waals surface area contributed by atoms with Gasteiger partial charge in [-0.1, -0.05) is 0 Å². The number of piperidine rings is 1. The normalized spacial score (nSPS) is 21.3. The summed E-state index contributed by atoms with van der Waals surface area (Å²) in [5, 5.41) is 3.36. The van der Waals surface area contributed by atoms with Crippen LogP contribution in [0.1, 0.15) is 12.8 Å². The third-order valence-electron chi connectivity index (χ3n) is 2.49. The van der Waals surface area contributed by atoms with E-state index in [9.17, 15) is 0 Å². The molecule has 0 aromatic carbocycles. The Kier molecular flexibility index (Phi) is 3.91. The summed E-state index contributed by atoms with van der Waals surface area (Å²) < 4.78 is 6.45. The molecule has 5 heteroatoms. The van der Waals surface area contributed by atoms with Crippen molar-refractivity contribution in [2.45, 2.75) is 12.8 Å². The third-order valence-corrected chi connectivity index (χ3v) is 3.03. The first-order valence-corrected chi connectivity index (χ1v) is 5.94. The van der Waals surface area contributed by atoms with E-state index in [2.05, 4.69) is 31.2 Å². The molecule has 1 aliphatic rings. The number of ether oxygens (including phenoxy) is 1. The minimum absolute atomic E-state index is 0.598. The molecule has 0 spiro atoms. The first-order valence-electron chi connectivity index (χ1n) is 5.15. The number of aromatic nitrogens is 2. The van der Waals surface area contributed by atoms with Gasteiger partial charge in [-0.15, -0.1) is 0 Å². The molecule has 0 aliphatic carbocycles. The number of nitrogens with one attached hydrogen (secondary N) is 1. The lowest BCUT2D eigenvalue weighted by Gasteiger charge is -2.22.